The maximum absolute atomic E-state index is 13.5. The molecule has 0 aromatic heterocycles. The zero-order valence-corrected chi connectivity index (χ0v) is 26.3. The van der Waals surface area contributed by atoms with Gasteiger partial charge in [-0.3, -0.25) is 24.0 Å². The summed E-state index contributed by atoms with van der Waals surface area (Å²) >= 11 is 0. The summed E-state index contributed by atoms with van der Waals surface area (Å²) in [6.07, 6.45) is 3.13. The van der Waals surface area contributed by atoms with E-state index in [0.29, 0.717) is 19.3 Å². The average Bonchev–Trinajstić information content (AvgIpc) is 2.84. The van der Waals surface area contributed by atoms with Gasteiger partial charge in [0.1, 0.15) is 17.0 Å². The van der Waals surface area contributed by atoms with Crippen LogP contribution in [-0.2, 0) is 38.2 Å². The highest BCUT2D eigenvalue weighted by Gasteiger charge is 2.32. The lowest BCUT2D eigenvalue weighted by molar-refractivity contribution is -0.161. The smallest absolute Gasteiger partial charge is 0.309 e. The molecule has 0 spiro atoms. The molecule has 0 aliphatic heterocycles. The molecule has 0 aromatic rings. The maximum atomic E-state index is 13.5. The fourth-order valence-electron chi connectivity index (χ4n) is 3.50. The second-order valence-electron chi connectivity index (χ2n) is 12.0. The molecule has 0 amide bonds. The molecule has 0 saturated heterocycles. The van der Waals surface area contributed by atoms with Crippen LogP contribution in [0.25, 0.3) is 0 Å². The van der Waals surface area contributed by atoms with E-state index in [9.17, 15) is 32.8 Å². The number of carbonyl (C=O) groups is 5. The Labute approximate surface area is 249 Å². The van der Waals surface area contributed by atoms with Crippen molar-refractivity contribution in [3.63, 3.8) is 0 Å². The number of Topliss-reactive ketones (excluding diaryl/α,β-unsaturated/α-hetero) is 1. The monoisotopic (exact) mass is 604 g/mol. The summed E-state index contributed by atoms with van der Waals surface area (Å²) in [4.78, 5) is 57.7. The first-order chi connectivity index (χ1) is 19.2. The van der Waals surface area contributed by atoms with E-state index in [4.69, 9.17) is 14.6 Å². The van der Waals surface area contributed by atoms with Gasteiger partial charge in [0.25, 0.3) is 0 Å². The molecule has 0 saturated carbocycles. The molecule has 0 fully saturated rings. The van der Waals surface area contributed by atoms with Crippen molar-refractivity contribution in [1.29, 1.82) is 0 Å². The van der Waals surface area contributed by atoms with Crippen molar-refractivity contribution >= 4 is 29.7 Å². The van der Waals surface area contributed by atoms with Crippen LogP contribution >= 0.6 is 0 Å². The molecule has 1 N–H and O–H groups in total. The summed E-state index contributed by atoms with van der Waals surface area (Å²) in [7, 11) is 1.27. The minimum atomic E-state index is -2.95. The molecule has 0 radical (unpaired) electrons. The highest BCUT2D eigenvalue weighted by atomic mass is 19.3. The second-order valence-corrected chi connectivity index (χ2v) is 12.0. The van der Waals surface area contributed by atoms with E-state index in [1.54, 1.807) is 47.6 Å². The summed E-state index contributed by atoms with van der Waals surface area (Å²) in [6.45, 7) is 17.2. The van der Waals surface area contributed by atoms with Gasteiger partial charge in [-0.2, -0.15) is 0 Å². The number of carbonyl (C=O) groups excluding carboxylic acids is 4. The van der Waals surface area contributed by atoms with Crippen molar-refractivity contribution < 1.29 is 52.1 Å². The Bertz CT molecular complexity index is 899. The first kappa shape index (κ1) is 41.0. The van der Waals surface area contributed by atoms with Crippen LogP contribution in [0.2, 0.25) is 0 Å². The molecule has 0 bridgehead atoms. The number of rotatable bonds is 18. The highest BCUT2D eigenvalue weighted by molar-refractivity contribution is 5.82. The van der Waals surface area contributed by atoms with E-state index >= 15 is 0 Å². The quantitative estimate of drug-likeness (QED) is 0.104. The van der Waals surface area contributed by atoms with Gasteiger partial charge in [0.2, 0.25) is 5.92 Å². The van der Waals surface area contributed by atoms with E-state index in [2.05, 4.69) is 17.9 Å². The fourth-order valence-corrected chi connectivity index (χ4v) is 3.50. The van der Waals surface area contributed by atoms with E-state index in [0.717, 1.165) is 0 Å². The molecule has 242 valence electrons. The van der Waals surface area contributed by atoms with Crippen molar-refractivity contribution in [3.8, 4) is 0 Å². The minimum Gasteiger partial charge on any atom is -0.481 e. The number of esters is 3. The van der Waals surface area contributed by atoms with Gasteiger partial charge in [0, 0.05) is 25.7 Å². The summed E-state index contributed by atoms with van der Waals surface area (Å²) in [5, 5.41) is 9.02. The Morgan fingerprint density at radius 2 is 1.24 bits per heavy atom. The molecule has 11 heteroatoms. The van der Waals surface area contributed by atoms with Crippen LogP contribution in [0.4, 0.5) is 8.78 Å². The molecule has 0 aromatic carbocycles. The number of carboxylic acid groups (broad SMARTS) is 1. The van der Waals surface area contributed by atoms with Crippen molar-refractivity contribution in [2.45, 2.75) is 123 Å². The van der Waals surface area contributed by atoms with Gasteiger partial charge in [-0.25, -0.2) is 8.78 Å². The molecule has 2 atom stereocenters. The highest BCUT2D eigenvalue weighted by Crippen LogP contribution is 2.29. The van der Waals surface area contributed by atoms with Crippen LogP contribution in [-0.4, -0.2) is 59.0 Å². The van der Waals surface area contributed by atoms with Gasteiger partial charge < -0.3 is 19.3 Å². The number of hydrogen-bond acceptors (Lipinski definition) is 8. The van der Waals surface area contributed by atoms with Crippen LogP contribution < -0.4 is 0 Å². The zero-order chi connectivity index (χ0) is 33.1. The Morgan fingerprint density at radius 3 is 1.64 bits per heavy atom. The summed E-state index contributed by atoms with van der Waals surface area (Å²) in [5.41, 5.74) is -1.33. The van der Waals surface area contributed by atoms with Crippen LogP contribution in [0.5, 0.6) is 0 Å². The minimum absolute atomic E-state index is 0.0491. The van der Waals surface area contributed by atoms with E-state index in [-0.39, 0.29) is 37.9 Å². The molecule has 0 unspecified atom stereocenters. The van der Waals surface area contributed by atoms with Crippen molar-refractivity contribution in [3.05, 3.63) is 25.3 Å². The molecule has 42 heavy (non-hydrogen) atoms. The molecular formula is C31H50F2O9. The lowest BCUT2D eigenvalue weighted by Crippen LogP contribution is -2.28. The zero-order valence-electron chi connectivity index (χ0n) is 26.3. The van der Waals surface area contributed by atoms with Crippen LogP contribution in [0.3, 0.4) is 0 Å². The van der Waals surface area contributed by atoms with Gasteiger partial charge in [-0.15, -0.1) is 13.2 Å². The molecule has 0 heterocycles. The van der Waals surface area contributed by atoms with Gasteiger partial charge in [0.15, 0.2) is 0 Å². The summed E-state index contributed by atoms with van der Waals surface area (Å²) in [5.74, 6) is -7.60. The van der Waals surface area contributed by atoms with Gasteiger partial charge >= 0.3 is 23.9 Å². The Hall–Kier alpha value is -3.11. The number of carboxylic acids is 1. The number of methoxy groups -OCH3 is 1. The third-order valence-electron chi connectivity index (χ3n) is 5.52. The topological polar surface area (TPSA) is 133 Å². The lowest BCUT2D eigenvalue weighted by Gasteiger charge is -2.22. The first-order valence-corrected chi connectivity index (χ1v) is 14.0. The number of allylic oxidation sites excluding steroid dienone is 2. The standard InChI is InChI=1S/C16H26O5.C15H24F2O4/c1-6-7-8-13(17)10-9-12(15(19)20-5)11-14(18)21-16(2,3)4;1-5-6-8-15(16,17)9-7-11(13(19)20)10-12(18)21-14(2,3)4/h6,12H,1,7-11H2,2-5H3;5,11H,1,6-10H2,2-4H3,(H,19,20)/t12-;11-/m11/s1. The third-order valence-corrected chi connectivity index (χ3v) is 5.52. The van der Waals surface area contributed by atoms with E-state index in [1.165, 1.54) is 13.2 Å². The average molecular weight is 605 g/mol. The second kappa shape index (κ2) is 19.9. The normalized spacial score (nSPS) is 13.0. The van der Waals surface area contributed by atoms with Crippen LogP contribution in [0.1, 0.15) is 106 Å². The fraction of sp³-hybridized carbons (Fsp3) is 0.710. The largest absolute Gasteiger partial charge is 0.481 e. The van der Waals surface area contributed by atoms with Crippen molar-refractivity contribution in [2.24, 2.45) is 11.8 Å². The summed E-state index contributed by atoms with van der Waals surface area (Å²) < 4.78 is 41.9. The molecule has 0 aliphatic rings. The SMILES string of the molecule is C=CCCC(=O)CC[C@H](CC(=O)OC(C)(C)C)C(=O)OC.C=CCCC(F)(F)CC[C@H](CC(=O)OC(C)(C)C)C(=O)O. The molecule has 9 nitrogen and oxygen atoms in total. The number of ketones is 1. The van der Waals surface area contributed by atoms with Crippen molar-refractivity contribution in [1.82, 2.24) is 0 Å². The Morgan fingerprint density at radius 1 is 0.762 bits per heavy atom. The lowest BCUT2D eigenvalue weighted by atomic mass is 9.95. The van der Waals surface area contributed by atoms with Gasteiger partial charge in [-0.05, 0) is 67.2 Å². The number of halogens is 2. The predicted molar refractivity (Wildman–Crippen MR) is 155 cm³/mol. The molecule has 0 aliphatic carbocycles. The number of aliphatic carboxylic acids is 1. The predicted octanol–water partition coefficient (Wildman–Crippen LogP) is 6.62. The number of alkyl halides is 2. The Balaban J connectivity index is 0. The maximum Gasteiger partial charge on any atom is 0.309 e. The molecular weight excluding hydrogens is 554 g/mol. The number of hydrogen-bond donors (Lipinski definition) is 1. The third kappa shape index (κ3) is 23.6. The van der Waals surface area contributed by atoms with E-state index < -0.39 is 65.7 Å². The van der Waals surface area contributed by atoms with E-state index in [1.807, 2.05) is 0 Å². The van der Waals surface area contributed by atoms with Gasteiger partial charge in [-0.1, -0.05) is 12.2 Å². The Kier molecular flexibility index (Phi) is 19.4. The van der Waals surface area contributed by atoms with Crippen molar-refractivity contribution in [2.75, 3.05) is 7.11 Å². The first-order valence-electron chi connectivity index (χ1n) is 14.0. The van der Waals surface area contributed by atoms with Crippen LogP contribution in [0, 0.1) is 11.8 Å². The number of ether oxygens (including phenoxy) is 3. The summed E-state index contributed by atoms with van der Waals surface area (Å²) in [6, 6.07) is 0. The van der Waals surface area contributed by atoms with Crippen LogP contribution in [0.15, 0.2) is 25.3 Å². The molecule has 0 rings (SSSR count). The van der Waals surface area contributed by atoms with Gasteiger partial charge in [0.05, 0.1) is 31.8 Å².